The number of aliphatic hydroxyl groups is 1. The highest BCUT2D eigenvalue weighted by molar-refractivity contribution is 4.77. The molecule has 1 unspecified atom stereocenters. The minimum absolute atomic E-state index is 0.0319. The van der Waals surface area contributed by atoms with Crippen LogP contribution in [0.1, 0.15) is 25.7 Å². The van der Waals surface area contributed by atoms with Crippen LogP contribution in [0.3, 0.4) is 0 Å². The third-order valence-electron chi connectivity index (χ3n) is 1.61. The van der Waals surface area contributed by atoms with Crippen LogP contribution >= 0.6 is 0 Å². The summed E-state index contributed by atoms with van der Waals surface area (Å²) in [6.07, 6.45) is 3.89. The maximum Gasteiger partial charge on any atom is 0.203 e. The molecule has 0 aliphatic heterocycles. The molecular formula is C8H15NO3. The Hall–Kier alpha value is -0.900. The minimum atomic E-state index is -0.458. The molecule has 0 amide bonds. The SMILES string of the molecule is C=CC(O)CCCCC[N+](=O)[O-]. The van der Waals surface area contributed by atoms with Crippen LogP contribution in [0.15, 0.2) is 12.7 Å². The van der Waals surface area contributed by atoms with Gasteiger partial charge in [-0.2, -0.15) is 0 Å². The van der Waals surface area contributed by atoms with E-state index in [4.69, 9.17) is 5.11 Å². The van der Waals surface area contributed by atoms with E-state index in [-0.39, 0.29) is 11.5 Å². The van der Waals surface area contributed by atoms with Gasteiger partial charge < -0.3 is 5.11 Å². The van der Waals surface area contributed by atoms with E-state index in [0.29, 0.717) is 12.8 Å². The molecule has 0 radical (unpaired) electrons. The van der Waals surface area contributed by atoms with E-state index < -0.39 is 6.10 Å². The van der Waals surface area contributed by atoms with Crippen molar-refractivity contribution >= 4 is 0 Å². The van der Waals surface area contributed by atoms with Gasteiger partial charge in [-0.15, -0.1) is 6.58 Å². The molecule has 0 aromatic rings. The zero-order chi connectivity index (χ0) is 9.40. The first-order valence-electron chi connectivity index (χ1n) is 4.09. The van der Waals surface area contributed by atoms with Crippen molar-refractivity contribution in [2.45, 2.75) is 31.8 Å². The average Bonchev–Trinajstić information content (AvgIpc) is 2.03. The summed E-state index contributed by atoms with van der Waals surface area (Å²) in [5.74, 6) is 0. The zero-order valence-electron chi connectivity index (χ0n) is 7.11. The third kappa shape index (κ3) is 7.21. The molecule has 0 fully saturated rings. The van der Waals surface area contributed by atoms with Gasteiger partial charge in [0.25, 0.3) is 0 Å². The number of nitrogens with zero attached hydrogens (tertiary/aromatic N) is 1. The number of unbranched alkanes of at least 4 members (excludes halogenated alkanes) is 2. The van der Waals surface area contributed by atoms with Crippen LogP contribution in [0.25, 0.3) is 0 Å². The lowest BCUT2D eigenvalue weighted by atomic mass is 10.1. The Balaban J connectivity index is 3.10. The van der Waals surface area contributed by atoms with Gasteiger partial charge in [-0.05, 0) is 12.8 Å². The number of aliphatic hydroxyl groups excluding tert-OH is 1. The van der Waals surface area contributed by atoms with E-state index in [1.54, 1.807) is 0 Å². The molecule has 0 rings (SSSR count). The number of nitro groups is 1. The van der Waals surface area contributed by atoms with Crippen LogP contribution in [0, 0.1) is 10.1 Å². The summed E-state index contributed by atoms with van der Waals surface area (Å²) in [7, 11) is 0. The Morgan fingerprint density at radius 2 is 2.17 bits per heavy atom. The minimum Gasteiger partial charge on any atom is -0.389 e. The Labute approximate surface area is 72.1 Å². The Morgan fingerprint density at radius 3 is 2.67 bits per heavy atom. The molecule has 0 aliphatic carbocycles. The van der Waals surface area contributed by atoms with E-state index in [0.717, 1.165) is 12.8 Å². The average molecular weight is 173 g/mol. The van der Waals surface area contributed by atoms with Crippen molar-refractivity contribution in [3.05, 3.63) is 22.8 Å². The van der Waals surface area contributed by atoms with Gasteiger partial charge >= 0.3 is 0 Å². The van der Waals surface area contributed by atoms with Crippen molar-refractivity contribution in [2.24, 2.45) is 0 Å². The van der Waals surface area contributed by atoms with Crippen molar-refractivity contribution in [2.75, 3.05) is 6.54 Å². The van der Waals surface area contributed by atoms with Gasteiger partial charge in [-0.3, -0.25) is 10.1 Å². The zero-order valence-corrected chi connectivity index (χ0v) is 7.11. The van der Waals surface area contributed by atoms with Crippen molar-refractivity contribution in [1.82, 2.24) is 0 Å². The second-order valence-corrected chi connectivity index (χ2v) is 2.71. The van der Waals surface area contributed by atoms with Crippen LogP contribution in [-0.2, 0) is 0 Å². The highest BCUT2D eigenvalue weighted by Crippen LogP contribution is 2.03. The predicted molar refractivity (Wildman–Crippen MR) is 46.5 cm³/mol. The number of rotatable bonds is 7. The lowest BCUT2D eigenvalue weighted by Crippen LogP contribution is -2.03. The Bertz CT molecular complexity index is 147. The van der Waals surface area contributed by atoms with Crippen LogP contribution in [0.2, 0.25) is 0 Å². The van der Waals surface area contributed by atoms with E-state index in [2.05, 4.69) is 6.58 Å². The van der Waals surface area contributed by atoms with Gasteiger partial charge in [0, 0.05) is 11.3 Å². The monoisotopic (exact) mass is 173 g/mol. The molecule has 1 atom stereocenters. The summed E-state index contributed by atoms with van der Waals surface area (Å²) in [6, 6.07) is 0. The highest BCUT2D eigenvalue weighted by atomic mass is 16.6. The largest absolute Gasteiger partial charge is 0.389 e. The molecule has 12 heavy (non-hydrogen) atoms. The second-order valence-electron chi connectivity index (χ2n) is 2.71. The molecule has 0 bridgehead atoms. The molecule has 0 heterocycles. The van der Waals surface area contributed by atoms with Gasteiger partial charge in [0.15, 0.2) is 0 Å². The van der Waals surface area contributed by atoms with Crippen molar-refractivity contribution in [3.63, 3.8) is 0 Å². The summed E-state index contributed by atoms with van der Waals surface area (Å²) in [5, 5.41) is 18.9. The maximum absolute atomic E-state index is 9.89. The molecule has 0 aromatic carbocycles. The first kappa shape index (κ1) is 11.1. The van der Waals surface area contributed by atoms with Crippen molar-refractivity contribution in [1.29, 1.82) is 0 Å². The lowest BCUT2D eigenvalue weighted by Gasteiger charge is -2.02. The molecule has 70 valence electrons. The molecule has 0 aromatic heterocycles. The second kappa shape index (κ2) is 6.79. The molecule has 0 saturated heterocycles. The van der Waals surface area contributed by atoms with Crippen molar-refractivity contribution in [3.8, 4) is 0 Å². The standard InChI is InChI=1S/C8H15NO3/c1-2-8(10)6-4-3-5-7-9(11)12/h2,8,10H,1,3-7H2. The number of hydrogen-bond acceptors (Lipinski definition) is 3. The smallest absolute Gasteiger partial charge is 0.203 e. The van der Waals surface area contributed by atoms with E-state index in [1.807, 2.05) is 0 Å². The molecule has 0 saturated carbocycles. The maximum atomic E-state index is 9.89. The summed E-state index contributed by atoms with van der Waals surface area (Å²) < 4.78 is 0. The fraction of sp³-hybridized carbons (Fsp3) is 0.750. The summed E-state index contributed by atoms with van der Waals surface area (Å²) in [4.78, 5) is 9.58. The first-order valence-corrected chi connectivity index (χ1v) is 4.09. The fourth-order valence-electron chi connectivity index (χ4n) is 0.889. The summed E-state index contributed by atoms with van der Waals surface area (Å²) in [5.41, 5.74) is 0. The third-order valence-corrected chi connectivity index (χ3v) is 1.61. The highest BCUT2D eigenvalue weighted by Gasteiger charge is 1.99. The van der Waals surface area contributed by atoms with Gasteiger partial charge in [-0.1, -0.05) is 12.5 Å². The van der Waals surface area contributed by atoms with Crippen molar-refractivity contribution < 1.29 is 10.0 Å². The molecule has 0 aliphatic rings. The Kier molecular flexibility index (Phi) is 6.28. The van der Waals surface area contributed by atoms with Crippen LogP contribution < -0.4 is 0 Å². The predicted octanol–water partition coefficient (Wildman–Crippen LogP) is 1.37. The number of hydrogen-bond donors (Lipinski definition) is 1. The fourth-order valence-corrected chi connectivity index (χ4v) is 0.889. The summed E-state index contributed by atoms with van der Waals surface area (Å²) in [6.45, 7) is 3.46. The first-order chi connectivity index (χ1) is 5.66. The molecule has 0 spiro atoms. The molecular weight excluding hydrogens is 158 g/mol. The van der Waals surface area contributed by atoms with Crippen LogP contribution in [0.4, 0.5) is 0 Å². The van der Waals surface area contributed by atoms with E-state index >= 15 is 0 Å². The van der Waals surface area contributed by atoms with Gasteiger partial charge in [0.2, 0.25) is 6.54 Å². The van der Waals surface area contributed by atoms with E-state index in [1.165, 1.54) is 6.08 Å². The lowest BCUT2D eigenvalue weighted by molar-refractivity contribution is -0.480. The van der Waals surface area contributed by atoms with Gasteiger partial charge in [0.05, 0.1) is 6.10 Å². The Morgan fingerprint density at radius 1 is 1.50 bits per heavy atom. The van der Waals surface area contributed by atoms with Crippen LogP contribution in [-0.4, -0.2) is 22.7 Å². The topological polar surface area (TPSA) is 63.4 Å². The van der Waals surface area contributed by atoms with Gasteiger partial charge in [-0.25, -0.2) is 0 Å². The normalized spacial score (nSPS) is 12.4. The van der Waals surface area contributed by atoms with Gasteiger partial charge in [0.1, 0.15) is 0 Å². The summed E-state index contributed by atoms with van der Waals surface area (Å²) >= 11 is 0. The van der Waals surface area contributed by atoms with Crippen LogP contribution in [0.5, 0.6) is 0 Å². The molecule has 4 heteroatoms. The quantitative estimate of drug-likeness (QED) is 0.274. The molecule has 4 nitrogen and oxygen atoms in total. The van der Waals surface area contributed by atoms with E-state index in [9.17, 15) is 10.1 Å². The molecule has 1 N–H and O–H groups in total.